The molecule has 2 N–H and O–H groups in total. The fraction of sp³-hybridized carbons (Fsp3) is 0.588. The lowest BCUT2D eigenvalue weighted by Gasteiger charge is -2.43. The van der Waals surface area contributed by atoms with Crippen LogP contribution in [0.3, 0.4) is 0 Å². The van der Waals surface area contributed by atoms with Crippen LogP contribution < -0.4 is 5.32 Å². The summed E-state index contributed by atoms with van der Waals surface area (Å²) in [6.07, 6.45) is 5.33. The summed E-state index contributed by atoms with van der Waals surface area (Å²) in [4.78, 5) is 0. The maximum Gasteiger partial charge on any atom is 0.0991 e. The zero-order valence-corrected chi connectivity index (χ0v) is 12.2. The van der Waals surface area contributed by atoms with Crippen molar-refractivity contribution in [2.24, 2.45) is 5.92 Å². The first-order chi connectivity index (χ1) is 10.3. The molecule has 0 amide bonds. The van der Waals surface area contributed by atoms with Gasteiger partial charge in [-0.15, -0.1) is 0 Å². The molecule has 4 heteroatoms. The molecule has 2 aliphatic rings. The number of nitriles is 1. The SMILES string of the molecule is N#Cc1ccc2c(c1)[C@H]1OCCC[C@H]1[C@H](CCCCO)N2. The summed E-state index contributed by atoms with van der Waals surface area (Å²) in [6.45, 7) is 1.07. The molecule has 0 spiro atoms. The lowest BCUT2D eigenvalue weighted by atomic mass is 9.78. The zero-order valence-electron chi connectivity index (χ0n) is 12.2. The van der Waals surface area contributed by atoms with Crippen molar-refractivity contribution >= 4 is 5.69 Å². The molecule has 2 aliphatic heterocycles. The van der Waals surface area contributed by atoms with Crippen LogP contribution in [0.1, 0.15) is 49.3 Å². The third-order valence-electron chi connectivity index (χ3n) is 4.64. The van der Waals surface area contributed by atoms with Gasteiger partial charge in [-0.1, -0.05) is 0 Å². The Hall–Kier alpha value is -1.57. The van der Waals surface area contributed by atoms with E-state index in [4.69, 9.17) is 15.1 Å². The summed E-state index contributed by atoms with van der Waals surface area (Å²) in [6, 6.07) is 8.45. The molecule has 112 valence electrons. The van der Waals surface area contributed by atoms with Gasteiger partial charge in [0.25, 0.3) is 0 Å². The van der Waals surface area contributed by atoms with E-state index in [1.807, 2.05) is 18.2 Å². The van der Waals surface area contributed by atoms with Crippen LogP contribution in [0.25, 0.3) is 0 Å². The van der Waals surface area contributed by atoms with Crippen molar-refractivity contribution < 1.29 is 9.84 Å². The van der Waals surface area contributed by atoms with E-state index < -0.39 is 0 Å². The second-order valence-corrected chi connectivity index (χ2v) is 5.98. The molecule has 0 aliphatic carbocycles. The topological polar surface area (TPSA) is 65.3 Å². The van der Waals surface area contributed by atoms with Gasteiger partial charge in [0, 0.05) is 36.4 Å². The van der Waals surface area contributed by atoms with Crippen molar-refractivity contribution in [2.45, 2.75) is 44.2 Å². The molecule has 0 saturated carbocycles. The molecule has 3 atom stereocenters. The highest BCUT2D eigenvalue weighted by Gasteiger charge is 2.38. The normalized spacial score (nSPS) is 27.1. The summed E-state index contributed by atoms with van der Waals surface area (Å²) in [5, 5.41) is 21.7. The summed E-state index contributed by atoms with van der Waals surface area (Å²) >= 11 is 0. The summed E-state index contributed by atoms with van der Waals surface area (Å²) < 4.78 is 6.05. The predicted molar refractivity (Wildman–Crippen MR) is 80.9 cm³/mol. The monoisotopic (exact) mass is 286 g/mol. The van der Waals surface area contributed by atoms with Crippen LogP contribution in [-0.2, 0) is 4.74 Å². The highest BCUT2D eigenvalue weighted by atomic mass is 16.5. The smallest absolute Gasteiger partial charge is 0.0991 e. The van der Waals surface area contributed by atoms with E-state index in [0.29, 0.717) is 17.5 Å². The Morgan fingerprint density at radius 3 is 3.10 bits per heavy atom. The molecule has 0 aromatic heterocycles. The van der Waals surface area contributed by atoms with Gasteiger partial charge in [0.1, 0.15) is 0 Å². The van der Waals surface area contributed by atoms with E-state index in [1.165, 1.54) is 0 Å². The maximum atomic E-state index is 9.10. The molecular weight excluding hydrogens is 264 g/mol. The Morgan fingerprint density at radius 1 is 1.38 bits per heavy atom. The lowest BCUT2D eigenvalue weighted by Crippen LogP contribution is -2.41. The van der Waals surface area contributed by atoms with Gasteiger partial charge in [0.2, 0.25) is 0 Å². The Balaban J connectivity index is 1.85. The Kier molecular flexibility index (Phi) is 4.42. The molecule has 2 heterocycles. The molecule has 21 heavy (non-hydrogen) atoms. The van der Waals surface area contributed by atoms with E-state index >= 15 is 0 Å². The lowest BCUT2D eigenvalue weighted by molar-refractivity contribution is -0.0387. The largest absolute Gasteiger partial charge is 0.396 e. The van der Waals surface area contributed by atoms with E-state index in [0.717, 1.165) is 50.0 Å². The summed E-state index contributed by atoms with van der Waals surface area (Å²) in [7, 11) is 0. The second-order valence-electron chi connectivity index (χ2n) is 5.98. The molecule has 1 aromatic carbocycles. The number of hydrogen-bond donors (Lipinski definition) is 2. The highest BCUT2D eigenvalue weighted by Crippen LogP contribution is 2.45. The number of unbranched alkanes of at least 4 members (excludes halogenated alkanes) is 1. The zero-order chi connectivity index (χ0) is 14.7. The molecule has 0 bridgehead atoms. The molecule has 1 aromatic rings. The third-order valence-corrected chi connectivity index (χ3v) is 4.64. The fourth-order valence-corrected chi connectivity index (χ4v) is 3.61. The number of nitrogens with one attached hydrogen (secondary N) is 1. The van der Waals surface area contributed by atoms with Gasteiger partial charge in [0.15, 0.2) is 0 Å². The predicted octanol–water partition coefficient (Wildman–Crippen LogP) is 2.98. The minimum Gasteiger partial charge on any atom is -0.396 e. The van der Waals surface area contributed by atoms with Crippen molar-refractivity contribution in [1.29, 1.82) is 5.26 Å². The number of hydrogen-bond acceptors (Lipinski definition) is 4. The van der Waals surface area contributed by atoms with Gasteiger partial charge < -0.3 is 15.2 Å². The summed E-state index contributed by atoms with van der Waals surface area (Å²) in [5.74, 6) is 0.471. The van der Waals surface area contributed by atoms with E-state index in [1.54, 1.807) is 0 Å². The first kappa shape index (κ1) is 14.4. The number of aliphatic hydroxyl groups excluding tert-OH is 1. The number of fused-ring (bicyclic) bond motifs is 3. The third kappa shape index (κ3) is 2.90. The van der Waals surface area contributed by atoms with Gasteiger partial charge in [0.05, 0.1) is 17.7 Å². The van der Waals surface area contributed by atoms with Crippen LogP contribution >= 0.6 is 0 Å². The maximum absolute atomic E-state index is 9.10. The van der Waals surface area contributed by atoms with Crippen LogP contribution in [0.2, 0.25) is 0 Å². The molecule has 0 unspecified atom stereocenters. The minimum atomic E-state index is 0.113. The first-order valence-electron chi connectivity index (χ1n) is 7.86. The van der Waals surface area contributed by atoms with Crippen molar-refractivity contribution in [3.05, 3.63) is 29.3 Å². The second kappa shape index (κ2) is 6.46. The van der Waals surface area contributed by atoms with Crippen molar-refractivity contribution in [2.75, 3.05) is 18.5 Å². The number of aliphatic hydroxyl groups is 1. The van der Waals surface area contributed by atoms with Gasteiger partial charge in [-0.05, 0) is 50.3 Å². The summed E-state index contributed by atoms with van der Waals surface area (Å²) in [5.41, 5.74) is 2.94. The van der Waals surface area contributed by atoms with Crippen LogP contribution in [0.15, 0.2) is 18.2 Å². The molecule has 3 rings (SSSR count). The van der Waals surface area contributed by atoms with Gasteiger partial charge in [-0.25, -0.2) is 0 Å². The van der Waals surface area contributed by atoms with Gasteiger partial charge in [-0.3, -0.25) is 0 Å². The average Bonchev–Trinajstić information content (AvgIpc) is 2.55. The number of ether oxygens (including phenoxy) is 1. The minimum absolute atomic E-state index is 0.113. The quantitative estimate of drug-likeness (QED) is 0.835. The van der Waals surface area contributed by atoms with E-state index in [2.05, 4.69) is 11.4 Å². The standard InChI is InChI=1S/C17H22N2O2/c18-11-12-6-7-16-14(10-12)17-13(4-3-9-21-17)15(19-16)5-1-2-8-20/h6-7,10,13,15,17,19-20H,1-5,8-9H2/t13-,15-,17-/m0/s1. The molecule has 0 radical (unpaired) electrons. The van der Waals surface area contributed by atoms with Crippen LogP contribution in [0.4, 0.5) is 5.69 Å². The van der Waals surface area contributed by atoms with Crippen molar-refractivity contribution in [3.63, 3.8) is 0 Å². The van der Waals surface area contributed by atoms with E-state index in [9.17, 15) is 0 Å². The average molecular weight is 286 g/mol. The number of rotatable bonds is 4. The van der Waals surface area contributed by atoms with Crippen LogP contribution in [0, 0.1) is 17.2 Å². The molecular formula is C17H22N2O2. The number of nitrogens with zero attached hydrogens (tertiary/aromatic N) is 1. The Bertz CT molecular complexity index is 538. The van der Waals surface area contributed by atoms with E-state index in [-0.39, 0.29) is 12.7 Å². The highest BCUT2D eigenvalue weighted by molar-refractivity contribution is 5.58. The van der Waals surface area contributed by atoms with Crippen LogP contribution in [-0.4, -0.2) is 24.4 Å². The first-order valence-corrected chi connectivity index (χ1v) is 7.86. The molecule has 4 nitrogen and oxygen atoms in total. The molecule has 1 fully saturated rings. The number of anilines is 1. The molecule has 1 saturated heterocycles. The fourth-order valence-electron chi connectivity index (χ4n) is 3.61. The van der Waals surface area contributed by atoms with Crippen molar-refractivity contribution in [3.8, 4) is 6.07 Å². The van der Waals surface area contributed by atoms with Gasteiger partial charge >= 0.3 is 0 Å². The van der Waals surface area contributed by atoms with Gasteiger partial charge in [-0.2, -0.15) is 5.26 Å². The Labute approximate surface area is 125 Å². The van der Waals surface area contributed by atoms with Crippen molar-refractivity contribution in [1.82, 2.24) is 0 Å². The number of benzene rings is 1. The Morgan fingerprint density at radius 2 is 2.29 bits per heavy atom. The van der Waals surface area contributed by atoms with Crippen LogP contribution in [0.5, 0.6) is 0 Å².